The Balaban J connectivity index is 1.95. The van der Waals surface area contributed by atoms with Gasteiger partial charge in [-0.2, -0.15) is 0 Å². The first-order valence-corrected chi connectivity index (χ1v) is 7.59. The van der Waals surface area contributed by atoms with Crippen LogP contribution in [-0.4, -0.2) is 59.5 Å². The van der Waals surface area contributed by atoms with Crippen molar-refractivity contribution in [2.75, 3.05) is 26.4 Å². The molecule has 1 saturated heterocycles. The van der Waals surface area contributed by atoms with Gasteiger partial charge in [-0.15, -0.1) is 0 Å². The number of rotatable bonds is 6. The maximum absolute atomic E-state index is 9.73. The maximum Gasteiger partial charge on any atom is 0.0645 e. The van der Waals surface area contributed by atoms with Gasteiger partial charge in [0.25, 0.3) is 0 Å². The van der Waals surface area contributed by atoms with Gasteiger partial charge in [0.1, 0.15) is 0 Å². The summed E-state index contributed by atoms with van der Waals surface area (Å²) in [6, 6.07) is 1.07. The molecule has 2 atom stereocenters. The highest BCUT2D eigenvalue weighted by molar-refractivity contribution is 4.96. The quantitative estimate of drug-likeness (QED) is 0.765. The lowest BCUT2D eigenvalue weighted by Crippen LogP contribution is -2.59. The molecule has 112 valence electrons. The summed E-state index contributed by atoms with van der Waals surface area (Å²) in [6.07, 6.45) is 3.49. The molecule has 1 heterocycles. The van der Waals surface area contributed by atoms with Gasteiger partial charge in [0.15, 0.2) is 0 Å². The van der Waals surface area contributed by atoms with E-state index in [2.05, 4.69) is 37.9 Å². The van der Waals surface area contributed by atoms with Gasteiger partial charge in [-0.1, -0.05) is 0 Å². The van der Waals surface area contributed by atoms with Gasteiger partial charge in [0.05, 0.1) is 19.8 Å². The predicted molar refractivity (Wildman–Crippen MR) is 77.3 cm³/mol. The molecular weight excluding hydrogens is 240 g/mol. The monoisotopic (exact) mass is 270 g/mol. The Kier molecular flexibility index (Phi) is 4.56. The highest BCUT2D eigenvalue weighted by atomic mass is 16.5. The van der Waals surface area contributed by atoms with E-state index in [1.807, 2.05) is 0 Å². The molecule has 1 aliphatic carbocycles. The number of morpholine rings is 1. The first-order chi connectivity index (χ1) is 8.86. The van der Waals surface area contributed by atoms with Crippen molar-refractivity contribution in [1.82, 2.24) is 10.2 Å². The van der Waals surface area contributed by atoms with Crippen LogP contribution in [0.25, 0.3) is 0 Å². The van der Waals surface area contributed by atoms with Crippen molar-refractivity contribution >= 4 is 0 Å². The number of hydrogen-bond donors (Lipinski definition) is 2. The van der Waals surface area contributed by atoms with Gasteiger partial charge in [-0.25, -0.2) is 0 Å². The van der Waals surface area contributed by atoms with E-state index in [9.17, 15) is 5.11 Å². The number of nitrogens with zero attached hydrogens (tertiary/aromatic N) is 1. The van der Waals surface area contributed by atoms with Crippen molar-refractivity contribution in [3.63, 3.8) is 0 Å². The largest absolute Gasteiger partial charge is 0.394 e. The van der Waals surface area contributed by atoms with Crippen LogP contribution in [0.2, 0.25) is 0 Å². The Morgan fingerprint density at radius 2 is 2.16 bits per heavy atom. The molecule has 0 amide bonds. The van der Waals surface area contributed by atoms with Gasteiger partial charge in [0.2, 0.25) is 0 Å². The third-order valence-electron chi connectivity index (χ3n) is 4.47. The highest BCUT2D eigenvalue weighted by Gasteiger charge is 2.38. The molecule has 0 aromatic carbocycles. The minimum atomic E-state index is -0.158. The summed E-state index contributed by atoms with van der Waals surface area (Å²) in [6.45, 7) is 11.7. The van der Waals surface area contributed by atoms with E-state index in [-0.39, 0.29) is 17.7 Å². The highest BCUT2D eigenvalue weighted by Crippen LogP contribution is 2.29. The van der Waals surface area contributed by atoms with Crippen LogP contribution in [0, 0.1) is 0 Å². The Hall–Kier alpha value is -0.160. The molecule has 1 saturated carbocycles. The number of hydrogen-bond acceptors (Lipinski definition) is 4. The maximum atomic E-state index is 9.73. The Bertz CT molecular complexity index is 305. The van der Waals surface area contributed by atoms with E-state index < -0.39 is 0 Å². The fraction of sp³-hybridized carbons (Fsp3) is 1.00. The van der Waals surface area contributed by atoms with Crippen LogP contribution in [0.15, 0.2) is 0 Å². The Morgan fingerprint density at radius 1 is 1.47 bits per heavy atom. The third kappa shape index (κ3) is 3.91. The van der Waals surface area contributed by atoms with Gasteiger partial charge in [-0.3, -0.25) is 4.90 Å². The van der Waals surface area contributed by atoms with Crippen LogP contribution in [0.4, 0.5) is 0 Å². The molecule has 0 radical (unpaired) electrons. The van der Waals surface area contributed by atoms with Crippen molar-refractivity contribution in [1.29, 1.82) is 0 Å². The van der Waals surface area contributed by atoms with E-state index in [1.165, 1.54) is 12.8 Å². The topological polar surface area (TPSA) is 44.7 Å². The molecule has 0 bridgehead atoms. The fourth-order valence-electron chi connectivity index (χ4n) is 3.34. The molecule has 2 unspecified atom stereocenters. The zero-order valence-corrected chi connectivity index (χ0v) is 12.9. The smallest absolute Gasteiger partial charge is 0.0645 e. The van der Waals surface area contributed by atoms with Crippen LogP contribution in [0.1, 0.15) is 47.0 Å². The first-order valence-electron chi connectivity index (χ1n) is 7.59. The lowest BCUT2D eigenvalue weighted by Gasteiger charge is -2.47. The van der Waals surface area contributed by atoms with Crippen molar-refractivity contribution in [3.05, 3.63) is 0 Å². The van der Waals surface area contributed by atoms with E-state index in [0.29, 0.717) is 12.1 Å². The number of nitrogens with one attached hydrogen (secondary N) is 1. The molecule has 0 aromatic heterocycles. The van der Waals surface area contributed by atoms with Gasteiger partial charge < -0.3 is 15.2 Å². The lowest BCUT2D eigenvalue weighted by atomic mass is 9.90. The Morgan fingerprint density at radius 3 is 2.68 bits per heavy atom. The van der Waals surface area contributed by atoms with Gasteiger partial charge in [0, 0.05) is 29.7 Å². The molecule has 2 aliphatic rings. The van der Waals surface area contributed by atoms with Crippen molar-refractivity contribution < 1.29 is 9.84 Å². The van der Waals surface area contributed by atoms with Crippen molar-refractivity contribution in [3.8, 4) is 0 Å². The zero-order chi connectivity index (χ0) is 14.1. The summed E-state index contributed by atoms with van der Waals surface area (Å²) < 4.78 is 5.59. The van der Waals surface area contributed by atoms with E-state index in [0.717, 1.165) is 26.2 Å². The molecule has 2 fully saturated rings. The molecule has 0 spiro atoms. The molecule has 4 heteroatoms. The van der Waals surface area contributed by atoms with E-state index in [4.69, 9.17) is 4.74 Å². The van der Waals surface area contributed by atoms with E-state index >= 15 is 0 Å². The average molecular weight is 270 g/mol. The predicted octanol–water partition coefficient (Wildman–Crippen LogP) is 1.38. The van der Waals surface area contributed by atoms with Crippen LogP contribution in [-0.2, 0) is 4.74 Å². The average Bonchev–Trinajstić information content (AvgIpc) is 3.11. The molecule has 19 heavy (non-hydrogen) atoms. The number of aliphatic hydroxyl groups is 1. The second kappa shape index (κ2) is 5.68. The number of aliphatic hydroxyl groups excluding tert-OH is 1. The second-order valence-electron chi connectivity index (χ2n) is 7.25. The Labute approximate surface area is 117 Å². The van der Waals surface area contributed by atoms with E-state index in [1.54, 1.807) is 0 Å². The molecule has 2 rings (SSSR count). The standard InChI is InChI=1S/C15H30N2O2/c1-12(17-7-8-19-11-14(17,2)3)9-15(4,10-18)16-13-5-6-13/h12-13,16,18H,5-11H2,1-4H3. The third-order valence-corrected chi connectivity index (χ3v) is 4.47. The SMILES string of the molecule is CC(CC(C)(CO)NC1CC1)N1CCOCC1(C)C. The first kappa shape index (κ1) is 15.2. The van der Waals surface area contributed by atoms with Crippen LogP contribution >= 0.6 is 0 Å². The zero-order valence-electron chi connectivity index (χ0n) is 12.9. The summed E-state index contributed by atoms with van der Waals surface area (Å²) in [4.78, 5) is 2.53. The van der Waals surface area contributed by atoms with Crippen LogP contribution in [0.3, 0.4) is 0 Å². The minimum absolute atomic E-state index is 0.0909. The normalized spacial score (nSPS) is 28.9. The van der Waals surface area contributed by atoms with Gasteiger partial charge in [-0.05, 0) is 47.0 Å². The van der Waals surface area contributed by atoms with Gasteiger partial charge >= 0.3 is 0 Å². The number of ether oxygens (including phenoxy) is 1. The van der Waals surface area contributed by atoms with Crippen molar-refractivity contribution in [2.24, 2.45) is 0 Å². The molecule has 2 N–H and O–H groups in total. The molecular formula is C15H30N2O2. The van der Waals surface area contributed by atoms with Crippen LogP contribution < -0.4 is 5.32 Å². The lowest BCUT2D eigenvalue weighted by molar-refractivity contribution is -0.0750. The summed E-state index contributed by atoms with van der Waals surface area (Å²) in [5.74, 6) is 0. The summed E-state index contributed by atoms with van der Waals surface area (Å²) in [5, 5.41) is 13.3. The van der Waals surface area contributed by atoms with Crippen LogP contribution in [0.5, 0.6) is 0 Å². The molecule has 1 aliphatic heterocycles. The van der Waals surface area contributed by atoms with Crippen molar-refractivity contribution in [2.45, 2.75) is 70.1 Å². The fourth-order valence-corrected chi connectivity index (χ4v) is 3.34. The summed E-state index contributed by atoms with van der Waals surface area (Å²) in [5.41, 5.74) is -0.0669. The summed E-state index contributed by atoms with van der Waals surface area (Å²) >= 11 is 0. The summed E-state index contributed by atoms with van der Waals surface area (Å²) in [7, 11) is 0. The minimum Gasteiger partial charge on any atom is -0.394 e. The molecule has 4 nitrogen and oxygen atoms in total. The molecule has 0 aromatic rings. The second-order valence-corrected chi connectivity index (χ2v) is 7.25.